The van der Waals surface area contributed by atoms with E-state index in [0.717, 1.165) is 40.9 Å². The van der Waals surface area contributed by atoms with E-state index in [9.17, 15) is 40.6 Å². The van der Waals surface area contributed by atoms with Crippen LogP contribution in [0.3, 0.4) is 0 Å². The van der Waals surface area contributed by atoms with Crippen molar-refractivity contribution in [2.45, 2.75) is 22.8 Å². The fraction of sp³-hybridized carbons (Fsp3) is 0.0714. The van der Waals surface area contributed by atoms with Crippen LogP contribution in [-0.2, 0) is 29.8 Å². The van der Waals surface area contributed by atoms with Gasteiger partial charge in [-0.05, 0) is 69.5 Å². The number of halogens is 2. The maximum absolute atomic E-state index is 13.2. The number of nitrogens with zero attached hydrogens (tertiary/aromatic N) is 2. The zero-order valence-electron chi connectivity index (χ0n) is 25.3. The number of aromatic hydroxyl groups is 1. The van der Waals surface area contributed by atoms with Crippen LogP contribution < -0.4 is 75.3 Å². The molecular weight excluding hydrogens is 820 g/mol. The average Bonchev–Trinajstić information content (AvgIpc) is 3.00. The number of hydrazone groups is 2. The van der Waals surface area contributed by atoms with Crippen molar-refractivity contribution in [3.63, 3.8) is 0 Å². The molecule has 4 rings (SSSR count). The van der Waals surface area contributed by atoms with Crippen molar-refractivity contribution in [3.8, 4) is 5.75 Å². The largest absolute Gasteiger partial charge is 1.00 e. The summed E-state index contributed by atoms with van der Waals surface area (Å²) in [6.45, 7) is 1.76. The molecule has 2 amide bonds. The first-order chi connectivity index (χ1) is 21.6. The van der Waals surface area contributed by atoms with Crippen molar-refractivity contribution < 1.29 is 99.8 Å². The number of fused-ring (bicyclic) bond motifs is 1. The Morgan fingerprint density at radius 2 is 1.40 bits per heavy atom. The molecule has 14 nitrogen and oxygen atoms in total. The molecule has 20 heteroatoms. The molecule has 48 heavy (non-hydrogen) atoms. The van der Waals surface area contributed by atoms with Gasteiger partial charge >= 0.3 is 59.1 Å². The quantitative estimate of drug-likeness (QED) is 0.0424. The van der Waals surface area contributed by atoms with Gasteiger partial charge in [-0.15, -0.1) is 0 Å². The minimum Gasteiger partial charge on any atom is -0.744 e. The van der Waals surface area contributed by atoms with Crippen LogP contribution >= 0.6 is 31.9 Å². The molecule has 0 aromatic heterocycles. The van der Waals surface area contributed by atoms with E-state index in [1.807, 2.05) is 18.2 Å². The van der Waals surface area contributed by atoms with E-state index in [4.69, 9.17) is 0 Å². The third kappa shape index (κ3) is 10.6. The first-order valence-electron chi connectivity index (χ1n) is 12.7. The molecule has 4 N–H and O–H groups in total. The van der Waals surface area contributed by atoms with Gasteiger partial charge in [0.1, 0.15) is 26.0 Å². The van der Waals surface area contributed by atoms with E-state index in [1.54, 1.807) is 37.3 Å². The number of rotatable bonds is 10. The van der Waals surface area contributed by atoms with E-state index in [0.29, 0.717) is 20.7 Å². The van der Waals surface area contributed by atoms with Crippen molar-refractivity contribution in [3.05, 3.63) is 92.4 Å². The molecule has 1 unspecified atom stereocenters. The van der Waals surface area contributed by atoms with Crippen molar-refractivity contribution in [1.29, 1.82) is 0 Å². The van der Waals surface area contributed by atoms with Gasteiger partial charge in [-0.25, -0.2) is 27.7 Å². The molecule has 0 saturated carbocycles. The van der Waals surface area contributed by atoms with Crippen LogP contribution in [-0.4, -0.2) is 61.3 Å². The van der Waals surface area contributed by atoms with Crippen molar-refractivity contribution in [2.24, 2.45) is 10.2 Å². The van der Waals surface area contributed by atoms with Crippen molar-refractivity contribution in [2.75, 3.05) is 5.32 Å². The summed E-state index contributed by atoms with van der Waals surface area (Å²) in [5, 5.41) is 22.3. The normalized spacial score (nSPS) is 12.3. The van der Waals surface area contributed by atoms with Crippen LogP contribution in [0, 0.1) is 6.92 Å². The number of phenols is 1. The van der Waals surface area contributed by atoms with E-state index in [-0.39, 0.29) is 70.4 Å². The Morgan fingerprint density at radius 1 is 0.812 bits per heavy atom. The van der Waals surface area contributed by atoms with Crippen LogP contribution in [0.1, 0.15) is 16.7 Å². The maximum atomic E-state index is 13.2. The minimum absolute atomic E-state index is 0. The molecule has 4 aromatic rings. The summed E-state index contributed by atoms with van der Waals surface area (Å²) >= 11 is 6.63. The zero-order valence-corrected chi connectivity index (χ0v) is 34.1. The average molecular weight is 841 g/mol. The van der Waals surface area contributed by atoms with E-state index >= 15 is 0 Å². The topological polar surface area (TPSA) is 230 Å². The van der Waals surface area contributed by atoms with Gasteiger partial charge in [-0.3, -0.25) is 9.59 Å². The molecule has 0 heterocycles. The summed E-state index contributed by atoms with van der Waals surface area (Å²) in [5.41, 5.74) is 5.15. The number of carbonyl (C=O) groups is 2. The van der Waals surface area contributed by atoms with Gasteiger partial charge in [0.05, 0.1) is 26.7 Å². The molecular formula is C28H21Br2N5Na2O9S2. The van der Waals surface area contributed by atoms with Gasteiger partial charge < -0.3 is 19.5 Å². The third-order valence-electron chi connectivity index (χ3n) is 6.34. The maximum Gasteiger partial charge on any atom is 1.00 e. The number of hydrogen-bond donors (Lipinski definition) is 4. The molecule has 0 aliphatic carbocycles. The van der Waals surface area contributed by atoms with Crippen LogP contribution in [0.5, 0.6) is 5.75 Å². The van der Waals surface area contributed by atoms with Crippen LogP contribution in [0.15, 0.2) is 95.7 Å². The van der Waals surface area contributed by atoms with Gasteiger partial charge in [0, 0.05) is 21.3 Å². The zero-order chi connectivity index (χ0) is 33.8. The minimum atomic E-state index is -5.27. The third-order valence-corrected chi connectivity index (χ3v) is 9.85. The first kappa shape index (κ1) is 42.0. The summed E-state index contributed by atoms with van der Waals surface area (Å²) in [7, 11) is -10.4. The molecule has 0 spiro atoms. The van der Waals surface area contributed by atoms with Gasteiger partial charge in [-0.1, -0.05) is 52.3 Å². The molecule has 0 aliphatic heterocycles. The molecule has 1 atom stereocenters. The Kier molecular flexibility index (Phi) is 15.4. The fourth-order valence-corrected chi connectivity index (χ4v) is 6.38. The van der Waals surface area contributed by atoms with Crippen LogP contribution in [0.25, 0.3) is 10.8 Å². The summed E-state index contributed by atoms with van der Waals surface area (Å²) in [6.07, 6.45) is 1.88. The summed E-state index contributed by atoms with van der Waals surface area (Å²) < 4.78 is 70.0. The fourth-order valence-electron chi connectivity index (χ4n) is 3.97. The Labute approximate surface area is 336 Å². The number of phenolic OH excluding ortho intramolecular Hbond substituents is 1. The Hall–Kier alpha value is -2.20. The molecule has 0 fully saturated rings. The predicted molar refractivity (Wildman–Crippen MR) is 173 cm³/mol. The molecule has 4 aromatic carbocycles. The summed E-state index contributed by atoms with van der Waals surface area (Å²) in [6, 6.07) is 14.3. The number of anilines is 1. The Morgan fingerprint density at radius 3 is 1.98 bits per heavy atom. The second-order valence-electron chi connectivity index (χ2n) is 9.45. The molecule has 0 saturated heterocycles. The molecule has 0 bridgehead atoms. The predicted octanol–water partition coefficient (Wildman–Crippen LogP) is -2.72. The smallest absolute Gasteiger partial charge is 0.744 e. The van der Waals surface area contributed by atoms with Gasteiger partial charge in [0.2, 0.25) is 0 Å². The second kappa shape index (κ2) is 17.6. The number of hydrogen-bond acceptors (Lipinski definition) is 12. The second-order valence-corrected chi connectivity index (χ2v) is 13.8. The number of amides is 2. The monoisotopic (exact) mass is 839 g/mol. The van der Waals surface area contributed by atoms with Gasteiger partial charge in [0.15, 0.2) is 6.04 Å². The SMILES string of the molecule is Cc1c(Br)cc(/C=N/NC(=O)C(Nc2ccc3ccccc3c2)C(=O)N/N=C/c2ccc(S(=O)(=O)[O-])cc2S(=O)(=O)[O-])c(O)c1Br.[Na+].[Na+]. The first-order valence-corrected chi connectivity index (χ1v) is 17.1. The number of nitrogens with one attached hydrogen (secondary N) is 3. The van der Waals surface area contributed by atoms with E-state index in [1.165, 1.54) is 0 Å². The molecule has 240 valence electrons. The standard InChI is InChI=1S/C28H23Br2N5O9S2.2Na/c1-15-22(29)11-19(26(36)24(15)30)14-32-35-28(38)25(33-20-8-6-16-4-2-3-5-17(16)10-20)27(37)34-31-13-18-7-9-21(45(39,40)41)12-23(18)46(42,43)44;;/h2-14,25,33,36H,1H3,(H,34,37)(H,35,38)(H,39,40,41)(H,42,43,44);;/q;2*+1/p-2/b31-13+,32-14+;;. The van der Waals surface area contributed by atoms with Gasteiger partial charge in [0.25, 0.3) is 11.8 Å². The van der Waals surface area contributed by atoms with Crippen molar-refractivity contribution >= 4 is 92.8 Å². The van der Waals surface area contributed by atoms with Gasteiger partial charge in [-0.2, -0.15) is 10.2 Å². The number of benzene rings is 4. The van der Waals surface area contributed by atoms with E-state index < -0.39 is 53.4 Å². The summed E-state index contributed by atoms with van der Waals surface area (Å²) in [4.78, 5) is 24.3. The van der Waals surface area contributed by atoms with Crippen LogP contribution in [0.4, 0.5) is 5.69 Å². The van der Waals surface area contributed by atoms with E-state index in [2.05, 4.69) is 58.2 Å². The Bertz CT molecular complexity index is 2150. The van der Waals surface area contributed by atoms with Crippen molar-refractivity contribution in [1.82, 2.24) is 10.9 Å². The Balaban J connectivity index is 0.00000400. The van der Waals surface area contributed by atoms with Crippen LogP contribution in [0.2, 0.25) is 0 Å². The number of carbonyl (C=O) groups excluding carboxylic acids is 2. The molecule has 0 aliphatic rings. The molecule has 0 radical (unpaired) electrons. The summed E-state index contributed by atoms with van der Waals surface area (Å²) in [5.74, 6) is -2.15.